The second-order valence-corrected chi connectivity index (χ2v) is 3.82. The van der Waals surface area contributed by atoms with Gasteiger partial charge in [0.25, 0.3) is 0 Å². The van der Waals surface area contributed by atoms with Crippen LogP contribution in [0, 0.1) is 5.92 Å². The van der Waals surface area contributed by atoms with Gasteiger partial charge in [-0.2, -0.15) is 0 Å². The lowest BCUT2D eigenvalue weighted by Crippen LogP contribution is -2.21. The minimum Gasteiger partial charge on any atom is -0.383 e. The molecule has 1 heterocycles. The molecule has 0 aliphatic heterocycles. The van der Waals surface area contributed by atoms with Crippen molar-refractivity contribution in [2.24, 2.45) is 5.92 Å². The summed E-state index contributed by atoms with van der Waals surface area (Å²) in [5, 5.41) is 7.80. The van der Waals surface area contributed by atoms with Gasteiger partial charge in [-0.25, -0.2) is 0 Å². The zero-order valence-corrected chi connectivity index (χ0v) is 9.53. The van der Waals surface area contributed by atoms with Crippen LogP contribution in [0.2, 0.25) is 0 Å². The lowest BCUT2D eigenvalue weighted by Gasteiger charge is -2.22. The van der Waals surface area contributed by atoms with Crippen LogP contribution in [0.5, 0.6) is 0 Å². The van der Waals surface area contributed by atoms with Gasteiger partial charge in [-0.15, -0.1) is 21.8 Å². The summed E-state index contributed by atoms with van der Waals surface area (Å²) in [7, 11) is 1.69. The highest BCUT2D eigenvalue weighted by Gasteiger charge is 2.18. The molecule has 1 atom stereocenters. The highest BCUT2D eigenvalue weighted by Crippen LogP contribution is 2.19. The molecule has 0 aliphatic carbocycles. The normalized spacial score (nSPS) is 13.5. The van der Waals surface area contributed by atoms with Crippen molar-refractivity contribution in [2.75, 3.05) is 13.7 Å². The van der Waals surface area contributed by atoms with Gasteiger partial charge >= 0.3 is 0 Å². The Morgan fingerprint density at radius 3 is 2.79 bits per heavy atom. The number of hydrogen-bond acceptors (Lipinski definition) is 3. The molecule has 1 rings (SSSR count). The first-order valence-corrected chi connectivity index (χ1v) is 5.17. The number of nitrogens with zero attached hydrogens (tertiary/aromatic N) is 3. The Balaban J connectivity index is 2.86. The third-order valence-electron chi connectivity index (χ3n) is 2.23. The van der Waals surface area contributed by atoms with E-state index in [4.69, 9.17) is 16.3 Å². The fourth-order valence-electron chi connectivity index (χ4n) is 1.40. The quantitative estimate of drug-likeness (QED) is 0.707. The second kappa shape index (κ2) is 5.32. The summed E-state index contributed by atoms with van der Waals surface area (Å²) >= 11 is 5.76. The summed E-state index contributed by atoms with van der Waals surface area (Å²) in [6.45, 7) is 4.93. The molecule has 0 spiro atoms. The maximum absolute atomic E-state index is 5.76. The topological polar surface area (TPSA) is 39.9 Å². The van der Waals surface area contributed by atoms with Crippen molar-refractivity contribution >= 4 is 11.6 Å². The van der Waals surface area contributed by atoms with Gasteiger partial charge in [0, 0.05) is 7.11 Å². The first kappa shape index (κ1) is 11.5. The van der Waals surface area contributed by atoms with E-state index in [2.05, 4.69) is 24.0 Å². The molecule has 0 bridgehead atoms. The van der Waals surface area contributed by atoms with Gasteiger partial charge in [0.05, 0.1) is 18.5 Å². The summed E-state index contributed by atoms with van der Waals surface area (Å²) in [6, 6.07) is 0.253. The molecular formula is C9H16ClN3O. The third kappa shape index (κ3) is 2.45. The van der Waals surface area contributed by atoms with E-state index in [1.807, 2.05) is 4.57 Å². The molecule has 0 radical (unpaired) electrons. The molecule has 0 fully saturated rings. The molecule has 0 saturated carbocycles. The van der Waals surface area contributed by atoms with E-state index in [1.165, 1.54) is 0 Å². The minimum absolute atomic E-state index is 0.253. The van der Waals surface area contributed by atoms with Crippen LogP contribution in [0.3, 0.4) is 0 Å². The molecule has 0 saturated heterocycles. The number of ether oxygens (including phenoxy) is 1. The van der Waals surface area contributed by atoms with Crippen molar-refractivity contribution in [3.8, 4) is 0 Å². The van der Waals surface area contributed by atoms with Crippen molar-refractivity contribution in [3.63, 3.8) is 0 Å². The summed E-state index contributed by atoms with van der Waals surface area (Å²) in [5.74, 6) is 1.64. The number of aromatic nitrogens is 3. The first-order valence-electron chi connectivity index (χ1n) is 4.64. The molecule has 0 amide bonds. The molecule has 1 aromatic heterocycles. The number of alkyl halides is 1. The first-order chi connectivity index (χ1) is 6.70. The smallest absolute Gasteiger partial charge is 0.148 e. The van der Waals surface area contributed by atoms with Crippen molar-refractivity contribution in [3.05, 3.63) is 12.2 Å². The van der Waals surface area contributed by atoms with Crippen LogP contribution in [-0.4, -0.2) is 28.5 Å². The Hall–Kier alpha value is -0.610. The molecule has 4 nitrogen and oxygen atoms in total. The van der Waals surface area contributed by atoms with Crippen LogP contribution < -0.4 is 0 Å². The Labute approximate surface area is 89.2 Å². The second-order valence-electron chi connectivity index (χ2n) is 3.55. The van der Waals surface area contributed by atoms with E-state index in [0.29, 0.717) is 18.4 Å². The lowest BCUT2D eigenvalue weighted by molar-refractivity contribution is 0.132. The van der Waals surface area contributed by atoms with E-state index in [9.17, 15) is 0 Å². The SMILES string of the molecule is COCC(C(C)C)n1cnnc1CCl. The zero-order chi connectivity index (χ0) is 10.6. The summed E-state index contributed by atoms with van der Waals surface area (Å²) in [4.78, 5) is 0. The average Bonchev–Trinajstić information content (AvgIpc) is 2.61. The lowest BCUT2D eigenvalue weighted by atomic mass is 10.1. The Morgan fingerprint density at radius 1 is 1.57 bits per heavy atom. The van der Waals surface area contributed by atoms with Crippen LogP contribution >= 0.6 is 11.6 Å². The van der Waals surface area contributed by atoms with Crippen molar-refractivity contribution < 1.29 is 4.74 Å². The van der Waals surface area contributed by atoms with Crippen molar-refractivity contribution in [1.82, 2.24) is 14.8 Å². The number of hydrogen-bond donors (Lipinski definition) is 0. The van der Waals surface area contributed by atoms with Crippen molar-refractivity contribution in [2.45, 2.75) is 25.8 Å². The summed E-state index contributed by atoms with van der Waals surface area (Å²) < 4.78 is 7.16. The van der Waals surface area contributed by atoms with Crippen molar-refractivity contribution in [1.29, 1.82) is 0 Å². The Kier molecular flexibility index (Phi) is 4.35. The average molecular weight is 218 g/mol. The monoisotopic (exact) mass is 217 g/mol. The number of rotatable bonds is 5. The highest BCUT2D eigenvalue weighted by atomic mass is 35.5. The molecular weight excluding hydrogens is 202 g/mol. The van der Waals surface area contributed by atoms with Crippen LogP contribution in [0.1, 0.15) is 25.7 Å². The van der Waals surface area contributed by atoms with Gasteiger partial charge < -0.3 is 9.30 Å². The Morgan fingerprint density at radius 2 is 2.29 bits per heavy atom. The van der Waals surface area contributed by atoms with Crippen LogP contribution in [0.15, 0.2) is 6.33 Å². The molecule has 0 aromatic carbocycles. The highest BCUT2D eigenvalue weighted by molar-refractivity contribution is 6.16. The molecule has 14 heavy (non-hydrogen) atoms. The number of methoxy groups -OCH3 is 1. The van der Waals surface area contributed by atoms with E-state index in [1.54, 1.807) is 13.4 Å². The van der Waals surface area contributed by atoms with Gasteiger partial charge in [0.15, 0.2) is 0 Å². The molecule has 80 valence electrons. The van der Waals surface area contributed by atoms with Gasteiger partial charge in [-0.05, 0) is 5.92 Å². The fraction of sp³-hybridized carbons (Fsp3) is 0.778. The zero-order valence-electron chi connectivity index (χ0n) is 8.77. The van der Waals surface area contributed by atoms with E-state index >= 15 is 0 Å². The summed E-state index contributed by atoms with van der Waals surface area (Å²) in [6.07, 6.45) is 1.71. The minimum atomic E-state index is 0.253. The predicted octanol–water partition coefficient (Wildman–Crippen LogP) is 1.86. The third-order valence-corrected chi connectivity index (χ3v) is 2.47. The largest absolute Gasteiger partial charge is 0.383 e. The predicted molar refractivity (Wildman–Crippen MR) is 55.3 cm³/mol. The fourth-order valence-corrected chi connectivity index (χ4v) is 1.60. The standard InChI is InChI=1S/C9H16ClN3O/c1-7(2)8(5-14-3)13-6-11-12-9(13)4-10/h6-8H,4-5H2,1-3H3. The van der Waals surface area contributed by atoms with Gasteiger partial charge in [-0.1, -0.05) is 13.8 Å². The van der Waals surface area contributed by atoms with Crippen LogP contribution in [-0.2, 0) is 10.6 Å². The summed E-state index contributed by atoms with van der Waals surface area (Å²) in [5.41, 5.74) is 0. The van der Waals surface area contributed by atoms with Gasteiger partial charge in [-0.3, -0.25) is 0 Å². The van der Waals surface area contributed by atoms with E-state index in [0.717, 1.165) is 5.82 Å². The molecule has 0 N–H and O–H groups in total. The van der Waals surface area contributed by atoms with E-state index < -0.39 is 0 Å². The molecule has 0 aliphatic rings. The number of halogens is 1. The molecule has 5 heteroatoms. The van der Waals surface area contributed by atoms with Gasteiger partial charge in [0.2, 0.25) is 0 Å². The van der Waals surface area contributed by atoms with E-state index in [-0.39, 0.29) is 6.04 Å². The molecule has 1 aromatic rings. The van der Waals surface area contributed by atoms with Crippen LogP contribution in [0.4, 0.5) is 0 Å². The van der Waals surface area contributed by atoms with Gasteiger partial charge in [0.1, 0.15) is 12.2 Å². The Bertz CT molecular complexity index is 275. The van der Waals surface area contributed by atoms with Crippen LogP contribution in [0.25, 0.3) is 0 Å². The maximum atomic E-state index is 5.76. The maximum Gasteiger partial charge on any atom is 0.148 e. The molecule has 1 unspecified atom stereocenters.